The van der Waals surface area contributed by atoms with Gasteiger partial charge in [0.15, 0.2) is 5.65 Å². The predicted molar refractivity (Wildman–Crippen MR) is 76.0 cm³/mol. The van der Waals surface area contributed by atoms with Crippen LogP contribution < -0.4 is 5.32 Å². The van der Waals surface area contributed by atoms with Crippen LogP contribution in [0.3, 0.4) is 0 Å². The highest BCUT2D eigenvalue weighted by Crippen LogP contribution is 2.33. The molecule has 0 unspecified atom stereocenters. The maximum absolute atomic E-state index is 13.6. The second-order valence-electron chi connectivity index (χ2n) is 4.66. The molecule has 0 aliphatic rings. The molecular weight excluding hydrogens is 338 g/mol. The number of fused-ring (bicyclic) bond motifs is 1. The highest BCUT2D eigenvalue weighted by atomic mass is 35.5. The molecule has 10 heteroatoms. The lowest BCUT2D eigenvalue weighted by Crippen LogP contribution is -2.08. The van der Waals surface area contributed by atoms with Gasteiger partial charge in [0.05, 0.1) is 17.1 Å². The van der Waals surface area contributed by atoms with Gasteiger partial charge in [-0.25, -0.2) is 4.39 Å². The van der Waals surface area contributed by atoms with Crippen molar-refractivity contribution in [3.05, 3.63) is 41.1 Å². The fourth-order valence-corrected chi connectivity index (χ4v) is 2.21. The average molecular weight is 346 g/mol. The van der Waals surface area contributed by atoms with Gasteiger partial charge in [-0.05, 0) is 29.8 Å². The van der Waals surface area contributed by atoms with E-state index in [-0.39, 0.29) is 16.8 Å². The Labute approximate surface area is 131 Å². The Kier molecular flexibility index (Phi) is 3.59. The smallest absolute Gasteiger partial charge is 0.339 e. The molecule has 23 heavy (non-hydrogen) atoms. The summed E-state index contributed by atoms with van der Waals surface area (Å²) in [6.45, 7) is 0. The molecule has 2 aromatic heterocycles. The molecule has 0 amide bonds. The normalized spacial score (nSPS) is 11.9. The van der Waals surface area contributed by atoms with Gasteiger partial charge in [0.1, 0.15) is 11.6 Å². The standard InChI is InChI=1S/C13H8ClF4N5/c1-23-11-7(5-19-23)10(21-12(14)22-11)20-6-2-3-8(9(15)4-6)13(16,17)18/h2-5H,1H3,(H,20,21,22). The second kappa shape index (κ2) is 5.34. The van der Waals surface area contributed by atoms with E-state index in [0.717, 1.165) is 12.1 Å². The van der Waals surface area contributed by atoms with Gasteiger partial charge in [-0.3, -0.25) is 4.68 Å². The van der Waals surface area contributed by atoms with Crippen molar-refractivity contribution in [3.8, 4) is 0 Å². The summed E-state index contributed by atoms with van der Waals surface area (Å²) < 4.78 is 52.8. The number of nitrogens with one attached hydrogen (secondary N) is 1. The lowest BCUT2D eigenvalue weighted by atomic mass is 10.2. The van der Waals surface area contributed by atoms with Crippen LogP contribution in [0.15, 0.2) is 24.4 Å². The average Bonchev–Trinajstić information content (AvgIpc) is 2.79. The monoisotopic (exact) mass is 345 g/mol. The molecule has 120 valence electrons. The molecule has 0 radical (unpaired) electrons. The zero-order chi connectivity index (χ0) is 16.8. The number of halogens is 5. The van der Waals surface area contributed by atoms with E-state index in [1.807, 2.05) is 0 Å². The summed E-state index contributed by atoms with van der Waals surface area (Å²) in [5, 5.41) is 7.14. The van der Waals surface area contributed by atoms with Crippen molar-refractivity contribution in [3.63, 3.8) is 0 Å². The third-order valence-corrected chi connectivity index (χ3v) is 3.27. The number of anilines is 2. The van der Waals surface area contributed by atoms with Crippen LogP contribution in [0, 0.1) is 5.82 Å². The van der Waals surface area contributed by atoms with Gasteiger partial charge < -0.3 is 5.32 Å². The Morgan fingerprint density at radius 1 is 1.22 bits per heavy atom. The van der Waals surface area contributed by atoms with Crippen LogP contribution in [0.4, 0.5) is 29.1 Å². The zero-order valence-corrected chi connectivity index (χ0v) is 12.2. The molecule has 0 aliphatic heterocycles. The number of alkyl halides is 3. The Balaban J connectivity index is 2.01. The predicted octanol–water partition coefficient (Wildman–Crippen LogP) is 3.92. The van der Waals surface area contributed by atoms with E-state index in [1.165, 1.54) is 10.9 Å². The lowest BCUT2D eigenvalue weighted by molar-refractivity contribution is -0.139. The summed E-state index contributed by atoms with van der Waals surface area (Å²) in [4.78, 5) is 7.95. The quantitative estimate of drug-likeness (QED) is 0.565. The van der Waals surface area contributed by atoms with E-state index in [4.69, 9.17) is 11.6 Å². The number of aromatic nitrogens is 4. The van der Waals surface area contributed by atoms with Gasteiger partial charge in [0, 0.05) is 12.7 Å². The summed E-state index contributed by atoms with van der Waals surface area (Å²) in [7, 11) is 1.65. The fraction of sp³-hybridized carbons (Fsp3) is 0.154. The molecule has 0 spiro atoms. The van der Waals surface area contributed by atoms with Crippen LogP contribution >= 0.6 is 11.6 Å². The molecule has 0 bridgehead atoms. The van der Waals surface area contributed by atoms with Crippen LogP contribution in [-0.2, 0) is 13.2 Å². The highest BCUT2D eigenvalue weighted by molar-refractivity contribution is 6.28. The first-order chi connectivity index (χ1) is 10.8. The summed E-state index contributed by atoms with van der Waals surface area (Å²) >= 11 is 5.81. The van der Waals surface area contributed by atoms with E-state index in [0.29, 0.717) is 17.1 Å². The second-order valence-corrected chi connectivity index (χ2v) is 5.00. The third-order valence-electron chi connectivity index (χ3n) is 3.10. The lowest BCUT2D eigenvalue weighted by Gasteiger charge is -2.11. The molecule has 3 rings (SSSR count). The molecule has 0 saturated heterocycles. The fourth-order valence-electron chi connectivity index (χ4n) is 2.05. The molecule has 0 saturated carbocycles. The van der Waals surface area contributed by atoms with E-state index in [1.54, 1.807) is 7.05 Å². The molecule has 5 nitrogen and oxygen atoms in total. The largest absolute Gasteiger partial charge is 0.419 e. The Morgan fingerprint density at radius 3 is 2.61 bits per heavy atom. The first kappa shape index (κ1) is 15.5. The molecule has 2 heterocycles. The van der Waals surface area contributed by atoms with Crippen LogP contribution in [0.1, 0.15) is 5.56 Å². The van der Waals surface area contributed by atoms with Crippen LogP contribution in [-0.4, -0.2) is 19.7 Å². The number of benzene rings is 1. The molecule has 0 aliphatic carbocycles. The van der Waals surface area contributed by atoms with Crippen molar-refractivity contribution in [2.24, 2.45) is 7.05 Å². The van der Waals surface area contributed by atoms with Crippen molar-refractivity contribution < 1.29 is 17.6 Å². The maximum Gasteiger partial charge on any atom is 0.419 e. The minimum atomic E-state index is -4.75. The molecule has 1 aromatic carbocycles. The van der Waals surface area contributed by atoms with Crippen molar-refractivity contribution >= 4 is 34.1 Å². The van der Waals surface area contributed by atoms with E-state index in [2.05, 4.69) is 20.4 Å². The SMILES string of the molecule is Cn1ncc2c(Nc3ccc(C(F)(F)F)c(F)c3)nc(Cl)nc21. The summed E-state index contributed by atoms with van der Waals surface area (Å²) in [5.41, 5.74) is -0.814. The molecule has 0 fully saturated rings. The Bertz CT molecular complexity index is 890. The molecular formula is C13H8ClF4N5. The molecule has 0 atom stereocenters. The van der Waals surface area contributed by atoms with Gasteiger partial charge in [-0.15, -0.1) is 0 Å². The molecule has 1 N–H and O–H groups in total. The minimum absolute atomic E-state index is 0.0732. The number of hydrogen-bond donors (Lipinski definition) is 1. The van der Waals surface area contributed by atoms with Crippen molar-refractivity contribution in [2.45, 2.75) is 6.18 Å². The van der Waals surface area contributed by atoms with Gasteiger partial charge in [0.25, 0.3) is 0 Å². The van der Waals surface area contributed by atoms with Crippen molar-refractivity contribution in [1.29, 1.82) is 0 Å². The number of rotatable bonds is 2. The Hall–Kier alpha value is -2.42. The number of hydrogen-bond acceptors (Lipinski definition) is 4. The maximum atomic E-state index is 13.6. The minimum Gasteiger partial charge on any atom is -0.339 e. The zero-order valence-electron chi connectivity index (χ0n) is 11.5. The van der Waals surface area contributed by atoms with Gasteiger partial charge >= 0.3 is 6.18 Å². The van der Waals surface area contributed by atoms with E-state index >= 15 is 0 Å². The summed E-state index contributed by atoms with van der Waals surface area (Å²) in [6, 6.07) is 2.49. The van der Waals surface area contributed by atoms with Crippen LogP contribution in [0.25, 0.3) is 11.0 Å². The Morgan fingerprint density at radius 2 is 1.96 bits per heavy atom. The van der Waals surface area contributed by atoms with Crippen LogP contribution in [0.2, 0.25) is 5.28 Å². The van der Waals surface area contributed by atoms with Crippen molar-refractivity contribution in [1.82, 2.24) is 19.7 Å². The first-order valence-electron chi connectivity index (χ1n) is 6.25. The highest BCUT2D eigenvalue weighted by Gasteiger charge is 2.33. The van der Waals surface area contributed by atoms with Crippen LogP contribution in [0.5, 0.6) is 0 Å². The van der Waals surface area contributed by atoms with E-state index in [9.17, 15) is 17.6 Å². The number of nitrogens with zero attached hydrogens (tertiary/aromatic N) is 4. The first-order valence-corrected chi connectivity index (χ1v) is 6.62. The number of aryl methyl sites for hydroxylation is 1. The van der Waals surface area contributed by atoms with Crippen molar-refractivity contribution in [2.75, 3.05) is 5.32 Å². The topological polar surface area (TPSA) is 55.6 Å². The van der Waals surface area contributed by atoms with Gasteiger partial charge in [-0.2, -0.15) is 28.2 Å². The van der Waals surface area contributed by atoms with E-state index < -0.39 is 17.6 Å². The van der Waals surface area contributed by atoms with Gasteiger partial charge in [-0.1, -0.05) is 0 Å². The van der Waals surface area contributed by atoms with Gasteiger partial charge in [0.2, 0.25) is 5.28 Å². The molecule has 3 aromatic rings. The summed E-state index contributed by atoms with van der Waals surface area (Å²) in [6.07, 6.45) is -3.29. The third kappa shape index (κ3) is 2.91. The summed E-state index contributed by atoms with van der Waals surface area (Å²) in [5.74, 6) is -1.17.